The molecule has 0 aliphatic heterocycles. The molecule has 0 bridgehead atoms. The fraction of sp³-hybridized carbons (Fsp3) is 0.389. The number of hydrogen-bond acceptors (Lipinski definition) is 4. The van der Waals surface area contributed by atoms with Crippen LogP contribution < -0.4 is 5.69 Å². The van der Waals surface area contributed by atoms with Gasteiger partial charge < -0.3 is 4.98 Å². The Morgan fingerprint density at radius 3 is 2.35 bits per heavy atom. The summed E-state index contributed by atoms with van der Waals surface area (Å²) in [6.07, 6.45) is 0. The third kappa shape index (κ3) is 4.32. The number of carbonyl (C=O) groups excluding carboxylic acids is 1. The number of H-pyrrole nitrogens is 1. The topological polar surface area (TPSA) is 62.8 Å². The lowest BCUT2D eigenvalue weighted by molar-refractivity contribution is 0.101. The normalized spacial score (nSPS) is 11.5. The number of thioether (sulfide) groups is 1. The lowest BCUT2D eigenvalue weighted by atomic mass is 9.87. The van der Waals surface area contributed by atoms with Crippen molar-refractivity contribution >= 4 is 17.5 Å². The second-order valence-electron chi connectivity index (χ2n) is 6.64. The zero-order chi connectivity index (χ0) is 17.2. The summed E-state index contributed by atoms with van der Waals surface area (Å²) in [6.45, 7) is 9.75. The molecule has 23 heavy (non-hydrogen) atoms. The molecule has 4 nitrogen and oxygen atoms in total. The van der Waals surface area contributed by atoms with Gasteiger partial charge in [0.15, 0.2) is 5.78 Å². The van der Waals surface area contributed by atoms with Crippen molar-refractivity contribution in [3.8, 4) is 0 Å². The molecule has 1 heterocycles. The zero-order valence-electron chi connectivity index (χ0n) is 14.2. The van der Waals surface area contributed by atoms with E-state index in [1.165, 1.54) is 24.2 Å². The number of aryl methyl sites for hydroxylation is 1. The van der Waals surface area contributed by atoms with Crippen molar-refractivity contribution < 1.29 is 4.79 Å². The number of ketones is 1. The summed E-state index contributed by atoms with van der Waals surface area (Å²) in [4.78, 5) is 29.9. The van der Waals surface area contributed by atoms with Crippen LogP contribution in [0, 0.1) is 6.92 Å². The van der Waals surface area contributed by atoms with E-state index in [-0.39, 0.29) is 11.2 Å². The van der Waals surface area contributed by atoms with Gasteiger partial charge in [0.05, 0.1) is 5.56 Å². The molecular weight excluding hydrogens is 308 g/mol. The van der Waals surface area contributed by atoms with Gasteiger partial charge in [-0.05, 0) is 30.4 Å². The van der Waals surface area contributed by atoms with Crippen LogP contribution in [0.1, 0.15) is 54.9 Å². The van der Waals surface area contributed by atoms with Crippen LogP contribution in [0.15, 0.2) is 34.1 Å². The Balaban J connectivity index is 2.21. The van der Waals surface area contributed by atoms with E-state index >= 15 is 0 Å². The van der Waals surface area contributed by atoms with E-state index in [2.05, 4.69) is 55.0 Å². The minimum absolute atomic E-state index is 0.0863. The monoisotopic (exact) mass is 330 g/mol. The second-order valence-corrected chi connectivity index (χ2v) is 7.60. The summed E-state index contributed by atoms with van der Waals surface area (Å²) in [5, 5.41) is 0.499. The first-order valence-electron chi connectivity index (χ1n) is 7.52. The van der Waals surface area contributed by atoms with Crippen LogP contribution in [-0.4, -0.2) is 15.8 Å². The maximum absolute atomic E-state index is 11.8. The summed E-state index contributed by atoms with van der Waals surface area (Å²) in [6, 6.07) is 8.42. The SMILES string of the molecule is CC(=O)c1c(SCc2ccc(C(C)(C)C)cc2)nc(=O)[nH]c1C. The van der Waals surface area contributed by atoms with Crippen LogP contribution in [0.2, 0.25) is 0 Å². The van der Waals surface area contributed by atoms with Crippen molar-refractivity contribution in [2.24, 2.45) is 0 Å². The quantitative estimate of drug-likeness (QED) is 0.525. The Kier molecular flexibility index (Phi) is 5.09. The van der Waals surface area contributed by atoms with Crippen LogP contribution in [0.5, 0.6) is 0 Å². The van der Waals surface area contributed by atoms with E-state index in [0.717, 1.165) is 5.56 Å². The summed E-state index contributed by atoms with van der Waals surface area (Å²) in [5.41, 5.74) is 3.19. The Hall–Kier alpha value is -1.88. The maximum Gasteiger partial charge on any atom is 0.346 e. The summed E-state index contributed by atoms with van der Waals surface area (Å²) in [5.74, 6) is 0.581. The van der Waals surface area contributed by atoms with E-state index < -0.39 is 5.69 Å². The van der Waals surface area contributed by atoms with Gasteiger partial charge in [0.2, 0.25) is 0 Å². The Bertz CT molecular complexity index is 771. The molecule has 1 N–H and O–H groups in total. The number of rotatable bonds is 4. The average Bonchev–Trinajstić information content (AvgIpc) is 2.43. The summed E-state index contributed by atoms with van der Waals surface area (Å²) >= 11 is 1.42. The maximum atomic E-state index is 11.8. The van der Waals surface area contributed by atoms with Crippen molar-refractivity contribution in [3.63, 3.8) is 0 Å². The molecule has 0 atom stereocenters. The fourth-order valence-electron chi connectivity index (χ4n) is 2.33. The van der Waals surface area contributed by atoms with Gasteiger partial charge in [-0.3, -0.25) is 4.79 Å². The molecule has 5 heteroatoms. The molecule has 0 radical (unpaired) electrons. The largest absolute Gasteiger partial charge is 0.346 e. The number of nitrogens with zero attached hydrogens (tertiary/aromatic N) is 1. The van der Waals surface area contributed by atoms with Gasteiger partial charge >= 0.3 is 5.69 Å². The minimum Gasteiger partial charge on any atom is -0.309 e. The molecule has 0 saturated carbocycles. The van der Waals surface area contributed by atoms with Crippen LogP contribution >= 0.6 is 11.8 Å². The standard InChI is InChI=1S/C18H22N2O2S/c1-11-15(12(2)21)16(20-17(22)19-11)23-10-13-6-8-14(9-7-13)18(3,4)5/h6-9H,10H2,1-5H3,(H,19,20,22). The second kappa shape index (κ2) is 6.71. The first-order valence-corrected chi connectivity index (χ1v) is 8.51. The number of Topliss-reactive ketones (excluding diaryl/α,β-unsaturated/α-hetero) is 1. The highest BCUT2D eigenvalue weighted by atomic mass is 32.2. The molecule has 0 aliphatic carbocycles. The number of hydrogen-bond donors (Lipinski definition) is 1. The van der Waals surface area contributed by atoms with E-state index in [0.29, 0.717) is 22.0 Å². The highest BCUT2D eigenvalue weighted by Gasteiger charge is 2.15. The van der Waals surface area contributed by atoms with Crippen LogP contribution in [0.25, 0.3) is 0 Å². The molecular formula is C18H22N2O2S. The third-order valence-electron chi connectivity index (χ3n) is 3.63. The number of carbonyl (C=O) groups is 1. The molecule has 2 rings (SSSR count). The van der Waals surface area contributed by atoms with Gasteiger partial charge in [0.25, 0.3) is 0 Å². The number of aromatic nitrogens is 2. The smallest absolute Gasteiger partial charge is 0.309 e. The van der Waals surface area contributed by atoms with Gasteiger partial charge in [0, 0.05) is 11.4 Å². The number of nitrogens with one attached hydrogen (secondary N) is 1. The van der Waals surface area contributed by atoms with Crippen molar-refractivity contribution in [2.45, 2.75) is 50.8 Å². The Morgan fingerprint density at radius 1 is 1.22 bits per heavy atom. The predicted octanol–water partition coefficient (Wildman–Crippen LogP) is 3.87. The molecule has 0 fully saturated rings. The zero-order valence-corrected chi connectivity index (χ0v) is 15.0. The van der Waals surface area contributed by atoms with Gasteiger partial charge in [-0.2, -0.15) is 4.98 Å². The van der Waals surface area contributed by atoms with E-state index in [9.17, 15) is 9.59 Å². The minimum atomic E-state index is -0.418. The Morgan fingerprint density at radius 2 is 1.83 bits per heavy atom. The van der Waals surface area contributed by atoms with Crippen LogP contribution in [0.3, 0.4) is 0 Å². The predicted molar refractivity (Wildman–Crippen MR) is 94.3 cm³/mol. The summed E-state index contributed by atoms with van der Waals surface area (Å²) < 4.78 is 0. The molecule has 0 spiro atoms. The van der Waals surface area contributed by atoms with Gasteiger partial charge in [0.1, 0.15) is 5.03 Å². The van der Waals surface area contributed by atoms with E-state index in [1.54, 1.807) is 6.92 Å². The van der Waals surface area contributed by atoms with Gasteiger partial charge in [-0.25, -0.2) is 4.79 Å². The van der Waals surface area contributed by atoms with E-state index in [1.807, 2.05) is 0 Å². The molecule has 0 unspecified atom stereocenters. The van der Waals surface area contributed by atoms with Crippen molar-refractivity contribution in [2.75, 3.05) is 0 Å². The van der Waals surface area contributed by atoms with Crippen molar-refractivity contribution in [1.82, 2.24) is 9.97 Å². The number of aromatic amines is 1. The van der Waals surface area contributed by atoms with Crippen LogP contribution in [-0.2, 0) is 11.2 Å². The van der Waals surface area contributed by atoms with Gasteiger partial charge in [-0.15, -0.1) is 11.8 Å². The molecule has 1 aromatic carbocycles. The van der Waals surface area contributed by atoms with Crippen molar-refractivity contribution in [1.29, 1.82) is 0 Å². The van der Waals surface area contributed by atoms with E-state index in [4.69, 9.17) is 0 Å². The molecule has 122 valence electrons. The van der Waals surface area contributed by atoms with Crippen molar-refractivity contribution in [3.05, 3.63) is 57.1 Å². The molecule has 0 amide bonds. The number of benzene rings is 1. The third-order valence-corrected chi connectivity index (χ3v) is 4.68. The summed E-state index contributed by atoms with van der Waals surface area (Å²) in [7, 11) is 0. The first-order chi connectivity index (χ1) is 10.7. The average molecular weight is 330 g/mol. The molecule has 1 aromatic heterocycles. The highest BCUT2D eigenvalue weighted by molar-refractivity contribution is 7.98. The molecule has 0 aliphatic rings. The Labute approximate surface area is 140 Å². The fourth-order valence-corrected chi connectivity index (χ4v) is 3.42. The first kappa shape index (κ1) is 17.5. The lowest BCUT2D eigenvalue weighted by Gasteiger charge is -2.19. The lowest BCUT2D eigenvalue weighted by Crippen LogP contribution is -2.17. The highest BCUT2D eigenvalue weighted by Crippen LogP contribution is 2.27. The van der Waals surface area contributed by atoms with Gasteiger partial charge in [-0.1, -0.05) is 45.0 Å². The van der Waals surface area contributed by atoms with Crippen LogP contribution in [0.4, 0.5) is 0 Å². The molecule has 2 aromatic rings. The molecule has 0 saturated heterocycles.